The Morgan fingerprint density at radius 2 is 1.11 bits per heavy atom. The van der Waals surface area contributed by atoms with Crippen LogP contribution in [0.4, 0.5) is 17.1 Å². The summed E-state index contributed by atoms with van der Waals surface area (Å²) < 4.78 is 6.25. The summed E-state index contributed by atoms with van der Waals surface area (Å²) in [5.41, 5.74) is 7.62. The molecule has 0 fully saturated rings. The summed E-state index contributed by atoms with van der Waals surface area (Å²) in [4.78, 5) is 2.37. The normalized spacial score (nSPS) is 11.2. The van der Waals surface area contributed by atoms with Gasteiger partial charge in [-0.05, 0) is 47.3 Å². The zero-order chi connectivity index (χ0) is 25.3. The molecule has 0 unspecified atom stereocenters. The molecule has 0 saturated carbocycles. The lowest BCUT2D eigenvalue weighted by molar-refractivity contribution is 0.631. The average Bonchev–Trinajstić information content (AvgIpc) is 3.43. The van der Waals surface area contributed by atoms with Crippen LogP contribution in [0, 0.1) is 0 Å². The molecule has 2 nitrogen and oxygen atoms in total. The molecular formula is C36H25NO. The van der Waals surface area contributed by atoms with Crippen molar-refractivity contribution in [1.82, 2.24) is 0 Å². The fraction of sp³-hybridized carbons (Fsp3) is 0. The summed E-state index contributed by atoms with van der Waals surface area (Å²) in [7, 11) is 0. The lowest BCUT2D eigenvalue weighted by Gasteiger charge is -2.29. The molecule has 0 N–H and O–H groups in total. The first-order chi connectivity index (χ1) is 18.8. The van der Waals surface area contributed by atoms with Gasteiger partial charge < -0.3 is 9.32 Å². The van der Waals surface area contributed by atoms with Crippen molar-refractivity contribution >= 4 is 38.8 Å². The van der Waals surface area contributed by atoms with E-state index in [2.05, 4.69) is 138 Å². The van der Waals surface area contributed by atoms with Gasteiger partial charge >= 0.3 is 0 Å². The van der Waals surface area contributed by atoms with E-state index in [-0.39, 0.29) is 0 Å². The first-order valence-corrected chi connectivity index (χ1v) is 12.9. The Hall–Kier alpha value is -5.08. The summed E-state index contributed by atoms with van der Waals surface area (Å²) in [5.74, 6) is 0.863. The van der Waals surface area contributed by atoms with Crippen molar-refractivity contribution in [2.24, 2.45) is 0 Å². The van der Waals surface area contributed by atoms with E-state index < -0.39 is 0 Å². The Balaban J connectivity index is 1.47. The zero-order valence-corrected chi connectivity index (χ0v) is 20.8. The lowest BCUT2D eigenvalue weighted by atomic mass is 10.00. The first-order valence-electron chi connectivity index (χ1n) is 12.9. The van der Waals surface area contributed by atoms with E-state index >= 15 is 0 Å². The van der Waals surface area contributed by atoms with Crippen LogP contribution in [-0.2, 0) is 0 Å². The molecule has 0 bridgehead atoms. The molecule has 2 heteroatoms. The first kappa shape index (κ1) is 22.1. The summed E-state index contributed by atoms with van der Waals surface area (Å²) >= 11 is 0. The topological polar surface area (TPSA) is 16.4 Å². The minimum absolute atomic E-state index is 0.863. The third-order valence-electron chi connectivity index (χ3n) is 7.05. The average molecular weight is 488 g/mol. The standard InChI is InChI=1S/C36H25NO/c1-2-12-26(13-3-1)31-20-7-8-21-33(31)37(34-22-11-16-27-14-4-6-19-32(27)34)30-18-10-17-28(24-30)36-25-29-15-5-9-23-35(29)38-36/h1-25H. The quantitative estimate of drug-likeness (QED) is 0.240. The molecule has 0 spiro atoms. The second-order valence-electron chi connectivity index (χ2n) is 9.42. The molecule has 0 radical (unpaired) electrons. The van der Waals surface area contributed by atoms with Crippen molar-refractivity contribution in [1.29, 1.82) is 0 Å². The van der Waals surface area contributed by atoms with Gasteiger partial charge in [0.25, 0.3) is 0 Å². The monoisotopic (exact) mass is 487 g/mol. The van der Waals surface area contributed by atoms with Crippen LogP contribution in [0.3, 0.4) is 0 Å². The number of hydrogen-bond donors (Lipinski definition) is 0. The largest absolute Gasteiger partial charge is 0.456 e. The fourth-order valence-electron chi connectivity index (χ4n) is 5.26. The van der Waals surface area contributed by atoms with E-state index in [1.807, 2.05) is 18.2 Å². The highest BCUT2D eigenvalue weighted by molar-refractivity contribution is 6.01. The Kier molecular flexibility index (Phi) is 5.49. The van der Waals surface area contributed by atoms with Gasteiger partial charge in [0.2, 0.25) is 0 Å². The molecule has 38 heavy (non-hydrogen) atoms. The van der Waals surface area contributed by atoms with Crippen LogP contribution in [0.1, 0.15) is 0 Å². The molecule has 7 rings (SSSR count). The molecule has 0 atom stereocenters. The minimum Gasteiger partial charge on any atom is -0.456 e. The van der Waals surface area contributed by atoms with Gasteiger partial charge in [-0.15, -0.1) is 0 Å². The van der Waals surface area contributed by atoms with Crippen LogP contribution in [-0.4, -0.2) is 0 Å². The number of para-hydroxylation sites is 2. The van der Waals surface area contributed by atoms with E-state index in [0.29, 0.717) is 0 Å². The van der Waals surface area contributed by atoms with E-state index in [9.17, 15) is 0 Å². The minimum atomic E-state index is 0.863. The van der Waals surface area contributed by atoms with Gasteiger partial charge in [0.1, 0.15) is 11.3 Å². The van der Waals surface area contributed by atoms with Crippen LogP contribution in [0.2, 0.25) is 0 Å². The fourth-order valence-corrected chi connectivity index (χ4v) is 5.26. The van der Waals surface area contributed by atoms with Crippen LogP contribution in [0.5, 0.6) is 0 Å². The number of rotatable bonds is 5. The van der Waals surface area contributed by atoms with Crippen molar-refractivity contribution in [3.05, 3.63) is 152 Å². The number of nitrogens with zero attached hydrogens (tertiary/aromatic N) is 1. The summed E-state index contributed by atoms with van der Waals surface area (Å²) in [5, 5.41) is 3.51. The van der Waals surface area contributed by atoms with Crippen LogP contribution >= 0.6 is 0 Å². The van der Waals surface area contributed by atoms with Gasteiger partial charge in [0.15, 0.2) is 0 Å². The molecular weight excluding hydrogens is 462 g/mol. The predicted molar refractivity (Wildman–Crippen MR) is 159 cm³/mol. The molecule has 7 aromatic rings. The smallest absolute Gasteiger partial charge is 0.135 e. The van der Waals surface area contributed by atoms with Crippen molar-refractivity contribution in [3.63, 3.8) is 0 Å². The van der Waals surface area contributed by atoms with E-state index in [1.54, 1.807) is 0 Å². The number of anilines is 3. The van der Waals surface area contributed by atoms with E-state index in [0.717, 1.165) is 39.4 Å². The third-order valence-corrected chi connectivity index (χ3v) is 7.05. The Morgan fingerprint density at radius 3 is 2.00 bits per heavy atom. The zero-order valence-electron chi connectivity index (χ0n) is 20.8. The molecule has 0 saturated heterocycles. The molecule has 1 aromatic heterocycles. The molecule has 6 aromatic carbocycles. The second-order valence-corrected chi connectivity index (χ2v) is 9.42. The van der Waals surface area contributed by atoms with Crippen LogP contribution in [0.25, 0.3) is 44.2 Å². The van der Waals surface area contributed by atoms with E-state index in [1.165, 1.54) is 21.9 Å². The van der Waals surface area contributed by atoms with Crippen molar-refractivity contribution in [2.75, 3.05) is 4.90 Å². The Morgan fingerprint density at radius 1 is 0.447 bits per heavy atom. The lowest BCUT2D eigenvalue weighted by Crippen LogP contribution is -2.11. The van der Waals surface area contributed by atoms with Crippen LogP contribution < -0.4 is 4.90 Å². The number of furan rings is 1. The predicted octanol–water partition coefficient (Wildman–Crippen LogP) is 10.4. The van der Waals surface area contributed by atoms with Gasteiger partial charge in [-0.3, -0.25) is 0 Å². The van der Waals surface area contributed by atoms with Gasteiger partial charge in [0, 0.05) is 27.6 Å². The molecule has 0 aliphatic rings. The number of hydrogen-bond acceptors (Lipinski definition) is 2. The summed E-state index contributed by atoms with van der Waals surface area (Å²) in [6.45, 7) is 0. The molecule has 0 amide bonds. The second kappa shape index (κ2) is 9.42. The van der Waals surface area contributed by atoms with Crippen molar-refractivity contribution in [2.45, 2.75) is 0 Å². The molecule has 180 valence electrons. The van der Waals surface area contributed by atoms with Gasteiger partial charge in [-0.1, -0.05) is 115 Å². The number of fused-ring (bicyclic) bond motifs is 2. The third kappa shape index (κ3) is 3.93. The Labute approximate surface area is 222 Å². The molecule has 0 aliphatic carbocycles. The summed E-state index contributed by atoms with van der Waals surface area (Å²) in [6, 6.07) is 53.2. The maximum Gasteiger partial charge on any atom is 0.135 e. The van der Waals surface area contributed by atoms with Crippen molar-refractivity contribution in [3.8, 4) is 22.5 Å². The van der Waals surface area contributed by atoms with E-state index in [4.69, 9.17) is 4.42 Å². The highest BCUT2D eigenvalue weighted by Gasteiger charge is 2.19. The molecule has 0 aliphatic heterocycles. The van der Waals surface area contributed by atoms with Crippen molar-refractivity contribution < 1.29 is 4.42 Å². The van der Waals surface area contributed by atoms with Gasteiger partial charge in [-0.2, -0.15) is 0 Å². The highest BCUT2D eigenvalue weighted by Crippen LogP contribution is 2.44. The van der Waals surface area contributed by atoms with Gasteiger partial charge in [-0.25, -0.2) is 0 Å². The Bertz CT molecular complexity index is 1840. The van der Waals surface area contributed by atoms with Crippen LogP contribution in [0.15, 0.2) is 156 Å². The SMILES string of the molecule is c1ccc(-c2ccccc2N(c2cccc(-c3cc4ccccc4o3)c2)c2cccc3ccccc23)cc1. The molecule has 1 heterocycles. The maximum absolute atomic E-state index is 6.25. The number of benzene rings is 6. The maximum atomic E-state index is 6.25. The van der Waals surface area contributed by atoms with Gasteiger partial charge in [0.05, 0.1) is 11.4 Å². The highest BCUT2D eigenvalue weighted by atomic mass is 16.3. The summed E-state index contributed by atoms with van der Waals surface area (Å²) in [6.07, 6.45) is 0.